The van der Waals surface area contributed by atoms with Gasteiger partial charge in [-0.05, 0) is 49.7 Å². The average Bonchev–Trinajstić information content (AvgIpc) is 3.27. The molecule has 1 aliphatic heterocycles. The summed E-state index contributed by atoms with van der Waals surface area (Å²) >= 11 is 6.14. The fourth-order valence-corrected chi connectivity index (χ4v) is 3.32. The molecule has 0 saturated carbocycles. The van der Waals surface area contributed by atoms with Gasteiger partial charge < -0.3 is 15.5 Å². The van der Waals surface area contributed by atoms with E-state index < -0.39 is 0 Å². The van der Waals surface area contributed by atoms with E-state index in [-0.39, 0.29) is 18.5 Å². The Bertz CT molecular complexity index is 695. The van der Waals surface area contributed by atoms with E-state index in [2.05, 4.69) is 16.3 Å². The van der Waals surface area contributed by atoms with Gasteiger partial charge in [-0.2, -0.15) is 0 Å². The van der Waals surface area contributed by atoms with Crippen molar-refractivity contribution in [2.24, 2.45) is 5.73 Å². The first-order chi connectivity index (χ1) is 11.7. The lowest BCUT2D eigenvalue weighted by molar-refractivity contribution is 0.0937. The van der Waals surface area contributed by atoms with Gasteiger partial charge >= 0.3 is 0 Å². The van der Waals surface area contributed by atoms with E-state index in [9.17, 15) is 4.79 Å². The van der Waals surface area contributed by atoms with Crippen molar-refractivity contribution in [3.8, 4) is 0 Å². The maximum Gasteiger partial charge on any atom is 0.254 e. The first kappa shape index (κ1) is 17.0. The molecule has 1 aromatic heterocycles. The lowest BCUT2D eigenvalue weighted by Gasteiger charge is -2.28. The van der Waals surface area contributed by atoms with Crippen molar-refractivity contribution >= 4 is 17.5 Å². The van der Waals surface area contributed by atoms with E-state index in [1.54, 1.807) is 6.07 Å². The Hall–Kier alpha value is -1.82. The number of nitrogens with zero attached hydrogens (tertiary/aromatic N) is 1. The van der Waals surface area contributed by atoms with Crippen LogP contribution in [0.1, 0.15) is 40.6 Å². The number of benzene rings is 1. The van der Waals surface area contributed by atoms with Gasteiger partial charge in [-0.25, -0.2) is 0 Å². The highest BCUT2D eigenvalue weighted by Gasteiger charge is 2.24. The van der Waals surface area contributed by atoms with Gasteiger partial charge in [0.05, 0.1) is 18.2 Å². The van der Waals surface area contributed by atoms with E-state index in [4.69, 9.17) is 21.8 Å². The van der Waals surface area contributed by atoms with Gasteiger partial charge in [0.2, 0.25) is 0 Å². The highest BCUT2D eigenvalue weighted by atomic mass is 35.5. The number of rotatable bonds is 6. The van der Waals surface area contributed by atoms with Crippen molar-refractivity contribution in [3.05, 3.63) is 58.5 Å². The summed E-state index contributed by atoms with van der Waals surface area (Å²) < 4.78 is 5.23. The first-order valence-electron chi connectivity index (χ1n) is 8.22. The number of likely N-dealkylation sites (tertiary alicyclic amines) is 1. The summed E-state index contributed by atoms with van der Waals surface area (Å²) in [7, 11) is 0. The minimum Gasteiger partial charge on any atom is -0.467 e. The van der Waals surface area contributed by atoms with Crippen molar-refractivity contribution in [1.82, 2.24) is 10.2 Å². The molecule has 0 bridgehead atoms. The summed E-state index contributed by atoms with van der Waals surface area (Å²) in [5, 5.41) is 3.72. The largest absolute Gasteiger partial charge is 0.467 e. The zero-order valence-electron chi connectivity index (χ0n) is 13.5. The van der Waals surface area contributed by atoms with E-state index >= 15 is 0 Å². The molecule has 2 aromatic rings. The van der Waals surface area contributed by atoms with E-state index in [1.807, 2.05) is 18.2 Å². The van der Waals surface area contributed by atoms with Crippen LogP contribution in [0.4, 0.5) is 0 Å². The molecular formula is C18H22ClN3O2. The van der Waals surface area contributed by atoms with Crippen molar-refractivity contribution in [3.63, 3.8) is 0 Å². The predicted octanol–water partition coefficient (Wildman–Crippen LogP) is 2.96. The number of carbonyl (C=O) groups excluding carboxylic acids is 1. The first-order valence-corrected chi connectivity index (χ1v) is 8.60. The summed E-state index contributed by atoms with van der Waals surface area (Å²) in [6.45, 7) is 2.89. The van der Waals surface area contributed by atoms with E-state index in [0.717, 1.165) is 18.7 Å². The van der Waals surface area contributed by atoms with Crippen LogP contribution < -0.4 is 11.1 Å². The molecule has 0 aliphatic carbocycles. The molecule has 128 valence electrons. The topological polar surface area (TPSA) is 71.5 Å². The molecule has 3 rings (SSSR count). The quantitative estimate of drug-likeness (QED) is 0.842. The minimum absolute atomic E-state index is 0.121. The standard InChI is InChI=1S/C18H22ClN3O2/c19-15-5-3-4-13(8-15)17(22-6-1-2-7-22)11-21-18(23)14-9-16(10-20)24-12-14/h3-5,8-9,12,17H,1-2,6-7,10-11,20H2,(H,21,23). The molecule has 1 unspecified atom stereocenters. The molecule has 1 fully saturated rings. The van der Waals surface area contributed by atoms with Gasteiger partial charge in [-0.15, -0.1) is 0 Å². The smallest absolute Gasteiger partial charge is 0.254 e. The molecule has 1 saturated heterocycles. The van der Waals surface area contributed by atoms with Crippen LogP contribution >= 0.6 is 11.6 Å². The lowest BCUT2D eigenvalue weighted by atomic mass is 10.1. The highest BCUT2D eigenvalue weighted by molar-refractivity contribution is 6.30. The molecular weight excluding hydrogens is 326 g/mol. The van der Waals surface area contributed by atoms with Crippen LogP contribution in [0.15, 0.2) is 41.0 Å². The second-order valence-electron chi connectivity index (χ2n) is 6.03. The molecule has 1 aliphatic rings. The molecule has 24 heavy (non-hydrogen) atoms. The van der Waals surface area contributed by atoms with Crippen molar-refractivity contribution in [1.29, 1.82) is 0 Å². The van der Waals surface area contributed by atoms with Gasteiger partial charge in [-0.1, -0.05) is 23.7 Å². The summed E-state index contributed by atoms with van der Waals surface area (Å²) in [5.41, 5.74) is 7.14. The third-order valence-electron chi connectivity index (χ3n) is 4.39. The summed E-state index contributed by atoms with van der Waals surface area (Å²) in [5.74, 6) is 0.454. The average molecular weight is 348 g/mol. The third-order valence-corrected chi connectivity index (χ3v) is 4.62. The number of halogens is 1. The van der Waals surface area contributed by atoms with Crippen molar-refractivity contribution in [2.75, 3.05) is 19.6 Å². The Balaban J connectivity index is 1.70. The van der Waals surface area contributed by atoms with Crippen LogP contribution in [0.3, 0.4) is 0 Å². The zero-order chi connectivity index (χ0) is 16.9. The van der Waals surface area contributed by atoms with Gasteiger partial charge in [0.25, 0.3) is 5.91 Å². The van der Waals surface area contributed by atoms with E-state index in [0.29, 0.717) is 22.9 Å². The molecule has 3 N–H and O–H groups in total. The van der Waals surface area contributed by atoms with Gasteiger partial charge in [0.15, 0.2) is 0 Å². The maximum atomic E-state index is 12.3. The Morgan fingerprint density at radius 3 is 2.79 bits per heavy atom. The SMILES string of the molecule is NCc1cc(C(=O)NCC(c2cccc(Cl)c2)N2CCCC2)co1. The van der Waals surface area contributed by atoms with Gasteiger partial charge in [0, 0.05) is 11.6 Å². The number of hydrogen-bond donors (Lipinski definition) is 2. The summed E-state index contributed by atoms with van der Waals surface area (Å²) in [4.78, 5) is 14.7. The Morgan fingerprint density at radius 2 is 2.12 bits per heavy atom. The highest BCUT2D eigenvalue weighted by Crippen LogP contribution is 2.26. The molecule has 2 heterocycles. The van der Waals surface area contributed by atoms with Crippen LogP contribution in [0.2, 0.25) is 5.02 Å². The normalized spacial score (nSPS) is 16.2. The number of amides is 1. The molecule has 0 spiro atoms. The lowest BCUT2D eigenvalue weighted by Crippen LogP contribution is -2.36. The fourth-order valence-electron chi connectivity index (χ4n) is 3.12. The number of nitrogens with two attached hydrogens (primary N) is 1. The molecule has 1 aromatic carbocycles. The summed E-state index contributed by atoms with van der Waals surface area (Å²) in [6.07, 6.45) is 3.82. The predicted molar refractivity (Wildman–Crippen MR) is 93.9 cm³/mol. The molecule has 0 radical (unpaired) electrons. The van der Waals surface area contributed by atoms with Crippen LogP contribution in [-0.4, -0.2) is 30.4 Å². The van der Waals surface area contributed by atoms with E-state index in [1.165, 1.54) is 19.1 Å². The molecule has 6 heteroatoms. The Kier molecular flexibility index (Phi) is 5.56. The zero-order valence-corrected chi connectivity index (χ0v) is 14.3. The van der Waals surface area contributed by atoms with Crippen LogP contribution in [0, 0.1) is 0 Å². The Morgan fingerprint density at radius 1 is 1.33 bits per heavy atom. The fraction of sp³-hybridized carbons (Fsp3) is 0.389. The van der Waals surface area contributed by atoms with Gasteiger partial charge in [-0.3, -0.25) is 9.69 Å². The van der Waals surface area contributed by atoms with Crippen molar-refractivity contribution in [2.45, 2.75) is 25.4 Å². The van der Waals surface area contributed by atoms with Crippen LogP contribution in [0.5, 0.6) is 0 Å². The number of nitrogens with one attached hydrogen (secondary N) is 1. The summed E-state index contributed by atoms with van der Waals surface area (Å²) in [6, 6.07) is 9.65. The monoisotopic (exact) mass is 347 g/mol. The second-order valence-corrected chi connectivity index (χ2v) is 6.47. The second kappa shape index (κ2) is 7.83. The minimum atomic E-state index is -0.148. The molecule has 1 atom stereocenters. The van der Waals surface area contributed by atoms with Crippen LogP contribution in [-0.2, 0) is 6.54 Å². The Labute approximate surface area is 146 Å². The molecule has 1 amide bonds. The number of hydrogen-bond acceptors (Lipinski definition) is 4. The van der Waals surface area contributed by atoms with Gasteiger partial charge in [0.1, 0.15) is 12.0 Å². The van der Waals surface area contributed by atoms with Crippen LogP contribution in [0.25, 0.3) is 0 Å². The number of furan rings is 1. The number of carbonyl (C=O) groups is 1. The van der Waals surface area contributed by atoms with Crippen molar-refractivity contribution < 1.29 is 9.21 Å². The molecule has 5 nitrogen and oxygen atoms in total. The third kappa shape index (κ3) is 3.98. The maximum absolute atomic E-state index is 12.3.